The Morgan fingerprint density at radius 3 is 2.55 bits per heavy atom. The highest BCUT2D eigenvalue weighted by Crippen LogP contribution is 2.13. The van der Waals surface area contributed by atoms with Crippen LogP contribution in [0.15, 0.2) is 19.2 Å². The van der Waals surface area contributed by atoms with Gasteiger partial charge in [0.1, 0.15) is 0 Å². The molecular weight excluding hydrogens is 134 g/mol. The summed E-state index contributed by atoms with van der Waals surface area (Å²) in [5.74, 6) is 0. The highest BCUT2D eigenvalue weighted by Gasteiger charge is 1.99. The Hall–Kier alpha value is -1.24. The summed E-state index contributed by atoms with van der Waals surface area (Å²) in [6.07, 6.45) is 4.68. The molecule has 0 aromatic carbocycles. The van der Waals surface area contributed by atoms with Crippen LogP contribution in [0.5, 0.6) is 0 Å². The molecule has 11 heavy (non-hydrogen) atoms. The van der Waals surface area contributed by atoms with Gasteiger partial charge in [0.25, 0.3) is 0 Å². The van der Waals surface area contributed by atoms with E-state index in [-0.39, 0.29) is 0 Å². The van der Waals surface area contributed by atoms with Crippen molar-refractivity contribution in [1.82, 2.24) is 4.98 Å². The fraction of sp³-hybridized carbons (Fsp3) is 0.200. The predicted molar refractivity (Wildman–Crippen MR) is 50.4 cm³/mol. The van der Waals surface area contributed by atoms with Gasteiger partial charge in [0.05, 0.1) is 0 Å². The van der Waals surface area contributed by atoms with Gasteiger partial charge in [-0.05, 0) is 24.1 Å². The first-order valence-corrected chi connectivity index (χ1v) is 3.78. The second-order valence-electron chi connectivity index (χ2n) is 2.43. The summed E-state index contributed by atoms with van der Waals surface area (Å²) in [5.41, 5.74) is 3.43. The van der Waals surface area contributed by atoms with Gasteiger partial charge >= 0.3 is 0 Å². The number of H-pyrrole nitrogens is 1. The van der Waals surface area contributed by atoms with E-state index in [9.17, 15) is 0 Å². The summed E-state index contributed by atoms with van der Waals surface area (Å²) >= 11 is 0. The molecule has 1 heteroatoms. The molecule has 1 aromatic rings. The Morgan fingerprint density at radius 2 is 2.18 bits per heavy atom. The van der Waals surface area contributed by atoms with Crippen LogP contribution in [0.2, 0.25) is 0 Å². The van der Waals surface area contributed by atoms with Crippen molar-refractivity contribution in [1.29, 1.82) is 0 Å². The summed E-state index contributed by atoms with van der Waals surface area (Å²) in [7, 11) is 0. The van der Waals surface area contributed by atoms with E-state index in [0.29, 0.717) is 0 Å². The molecule has 0 radical (unpaired) electrons. The Bertz CT molecular complexity index is 243. The van der Waals surface area contributed by atoms with Crippen LogP contribution >= 0.6 is 0 Å². The lowest BCUT2D eigenvalue weighted by atomic mass is 10.2. The average Bonchev–Trinajstić information content (AvgIpc) is 2.46. The van der Waals surface area contributed by atoms with Gasteiger partial charge in [-0.15, -0.1) is 0 Å². The maximum atomic E-state index is 3.72. The van der Waals surface area contributed by atoms with E-state index in [4.69, 9.17) is 0 Å². The van der Waals surface area contributed by atoms with Gasteiger partial charge in [-0.25, -0.2) is 0 Å². The molecule has 0 spiro atoms. The Morgan fingerprint density at radius 1 is 1.45 bits per heavy atom. The fourth-order valence-corrected chi connectivity index (χ4v) is 1.07. The number of aromatic nitrogens is 1. The number of hydrogen-bond acceptors (Lipinski definition) is 0. The van der Waals surface area contributed by atoms with E-state index < -0.39 is 0 Å². The van der Waals surface area contributed by atoms with E-state index in [1.165, 1.54) is 5.69 Å². The van der Waals surface area contributed by atoms with Crippen LogP contribution in [-0.4, -0.2) is 4.98 Å². The normalized spacial score (nSPS) is 9.55. The van der Waals surface area contributed by atoms with Crippen LogP contribution in [0, 0.1) is 0 Å². The molecule has 0 fully saturated rings. The molecule has 0 saturated heterocycles. The summed E-state index contributed by atoms with van der Waals surface area (Å²) in [6.45, 7) is 9.54. The molecule has 0 bridgehead atoms. The van der Waals surface area contributed by atoms with Crippen molar-refractivity contribution in [3.8, 4) is 0 Å². The van der Waals surface area contributed by atoms with Gasteiger partial charge in [0, 0.05) is 11.4 Å². The maximum absolute atomic E-state index is 3.72. The lowest BCUT2D eigenvalue weighted by Crippen LogP contribution is -1.77. The Labute approximate surface area is 67.5 Å². The third-order valence-corrected chi connectivity index (χ3v) is 1.74. The predicted octanol–water partition coefficient (Wildman–Crippen LogP) is 2.86. The van der Waals surface area contributed by atoms with Crippen LogP contribution in [0.4, 0.5) is 0 Å². The SMILES string of the molecule is C=Cc1cc(CC)[nH]c1C=C. The smallest absolute Gasteiger partial charge is 0.0449 e. The Balaban J connectivity index is 3.11. The number of hydrogen-bond donors (Lipinski definition) is 1. The lowest BCUT2D eigenvalue weighted by molar-refractivity contribution is 1.06. The lowest BCUT2D eigenvalue weighted by Gasteiger charge is -1.87. The molecule has 1 nitrogen and oxygen atoms in total. The summed E-state index contributed by atoms with van der Waals surface area (Å²) in [5, 5.41) is 0. The number of rotatable bonds is 3. The third-order valence-electron chi connectivity index (χ3n) is 1.74. The monoisotopic (exact) mass is 147 g/mol. The second-order valence-corrected chi connectivity index (χ2v) is 2.43. The molecule has 1 rings (SSSR count). The van der Waals surface area contributed by atoms with Gasteiger partial charge < -0.3 is 4.98 Å². The van der Waals surface area contributed by atoms with Crippen molar-refractivity contribution in [2.24, 2.45) is 0 Å². The summed E-state index contributed by atoms with van der Waals surface area (Å²) in [4.78, 5) is 3.24. The molecule has 1 heterocycles. The minimum atomic E-state index is 1.02. The minimum Gasteiger partial charge on any atom is -0.358 e. The average molecular weight is 147 g/mol. The quantitative estimate of drug-likeness (QED) is 0.676. The molecule has 0 aliphatic heterocycles. The van der Waals surface area contributed by atoms with Crippen molar-refractivity contribution in [2.45, 2.75) is 13.3 Å². The van der Waals surface area contributed by atoms with Crippen molar-refractivity contribution in [3.05, 3.63) is 36.2 Å². The van der Waals surface area contributed by atoms with Crippen LogP contribution in [0.1, 0.15) is 23.9 Å². The zero-order valence-electron chi connectivity index (χ0n) is 6.85. The van der Waals surface area contributed by atoms with Crippen LogP contribution in [0.3, 0.4) is 0 Å². The number of nitrogens with one attached hydrogen (secondary N) is 1. The topological polar surface area (TPSA) is 15.8 Å². The second kappa shape index (κ2) is 3.24. The zero-order chi connectivity index (χ0) is 8.27. The standard InChI is InChI=1S/C10H13N/c1-4-8-7-9(5-2)11-10(8)6-3/h4,6-7,11H,1,3,5H2,2H3. The molecule has 0 atom stereocenters. The first-order valence-electron chi connectivity index (χ1n) is 3.78. The van der Waals surface area contributed by atoms with E-state index in [2.05, 4.69) is 31.1 Å². The van der Waals surface area contributed by atoms with Crippen molar-refractivity contribution >= 4 is 12.2 Å². The summed E-state index contributed by atoms with van der Waals surface area (Å²) in [6, 6.07) is 2.10. The van der Waals surface area contributed by atoms with E-state index in [1.807, 2.05) is 12.2 Å². The van der Waals surface area contributed by atoms with Gasteiger partial charge in [-0.1, -0.05) is 26.2 Å². The molecule has 0 saturated carbocycles. The first-order chi connectivity index (χ1) is 5.31. The molecule has 58 valence electrons. The third kappa shape index (κ3) is 1.43. The van der Waals surface area contributed by atoms with E-state index in [0.717, 1.165) is 17.7 Å². The molecule has 1 aromatic heterocycles. The molecule has 0 aliphatic rings. The Kier molecular flexibility index (Phi) is 2.32. The molecule has 0 amide bonds. The largest absolute Gasteiger partial charge is 0.358 e. The van der Waals surface area contributed by atoms with Gasteiger partial charge in [-0.2, -0.15) is 0 Å². The minimum absolute atomic E-state index is 1.02. The van der Waals surface area contributed by atoms with Crippen LogP contribution in [-0.2, 0) is 6.42 Å². The van der Waals surface area contributed by atoms with Crippen LogP contribution in [0.25, 0.3) is 12.2 Å². The van der Waals surface area contributed by atoms with E-state index >= 15 is 0 Å². The number of aryl methyl sites for hydroxylation is 1. The summed E-state index contributed by atoms with van der Waals surface area (Å²) < 4.78 is 0. The number of aromatic amines is 1. The molecule has 0 aliphatic carbocycles. The van der Waals surface area contributed by atoms with Crippen molar-refractivity contribution < 1.29 is 0 Å². The van der Waals surface area contributed by atoms with Gasteiger partial charge in [0.15, 0.2) is 0 Å². The zero-order valence-corrected chi connectivity index (χ0v) is 6.85. The molecular formula is C10H13N. The molecule has 1 N–H and O–H groups in total. The highest BCUT2D eigenvalue weighted by molar-refractivity contribution is 5.61. The highest BCUT2D eigenvalue weighted by atomic mass is 14.7. The molecule has 0 unspecified atom stereocenters. The van der Waals surface area contributed by atoms with Crippen LogP contribution < -0.4 is 0 Å². The van der Waals surface area contributed by atoms with Crippen molar-refractivity contribution in [2.75, 3.05) is 0 Å². The van der Waals surface area contributed by atoms with Gasteiger partial charge in [0.2, 0.25) is 0 Å². The van der Waals surface area contributed by atoms with Gasteiger partial charge in [-0.3, -0.25) is 0 Å². The van der Waals surface area contributed by atoms with E-state index in [1.54, 1.807) is 0 Å². The fourth-order valence-electron chi connectivity index (χ4n) is 1.07. The van der Waals surface area contributed by atoms with Crippen molar-refractivity contribution in [3.63, 3.8) is 0 Å². The first kappa shape index (κ1) is 7.86. The maximum Gasteiger partial charge on any atom is 0.0449 e.